The Morgan fingerprint density at radius 2 is 1.93 bits per heavy atom. The van der Waals surface area contributed by atoms with Crippen molar-refractivity contribution >= 4 is 39.4 Å². The van der Waals surface area contributed by atoms with Gasteiger partial charge in [-0.15, -0.1) is 0 Å². The van der Waals surface area contributed by atoms with Gasteiger partial charge >= 0.3 is 0 Å². The van der Waals surface area contributed by atoms with Crippen LogP contribution in [0.3, 0.4) is 0 Å². The van der Waals surface area contributed by atoms with E-state index in [1.807, 2.05) is 12.1 Å². The number of benzene rings is 2. The highest BCUT2D eigenvalue weighted by Gasteiger charge is 2.18. The molecule has 0 radical (unpaired) electrons. The molecule has 1 saturated heterocycles. The molecule has 0 amide bonds. The van der Waals surface area contributed by atoms with Gasteiger partial charge in [0.2, 0.25) is 5.78 Å². The van der Waals surface area contributed by atoms with Crippen LogP contribution in [-0.2, 0) is 0 Å². The van der Waals surface area contributed by atoms with Gasteiger partial charge in [-0.3, -0.25) is 4.79 Å². The molecule has 28 heavy (non-hydrogen) atoms. The Hall–Kier alpha value is -2.97. The highest BCUT2D eigenvalue weighted by atomic mass is 32.1. The van der Waals surface area contributed by atoms with Gasteiger partial charge in [-0.1, -0.05) is 23.5 Å². The van der Waals surface area contributed by atoms with Gasteiger partial charge in [-0.25, -0.2) is 9.37 Å². The standard InChI is InChI=1S/C20H20FN5OS/c21-14-3-1-2-13(12-14)17(27)18-19(22)25-20(28-18)24-15-4-6-16(7-5-15)26-10-8-23-9-11-26/h1-7,12,23H,8-11,22H2,(H,24,25). The molecule has 4 N–H and O–H groups in total. The van der Waals surface area contributed by atoms with Crippen LogP contribution in [0.1, 0.15) is 15.2 Å². The summed E-state index contributed by atoms with van der Waals surface area (Å²) in [6, 6.07) is 13.6. The normalized spacial score (nSPS) is 14.1. The van der Waals surface area contributed by atoms with E-state index in [0.717, 1.165) is 43.2 Å². The van der Waals surface area contributed by atoms with Gasteiger partial charge < -0.3 is 21.3 Å². The zero-order valence-electron chi connectivity index (χ0n) is 15.1. The van der Waals surface area contributed by atoms with Crippen LogP contribution in [0.25, 0.3) is 0 Å². The first-order valence-electron chi connectivity index (χ1n) is 8.99. The number of nitrogens with zero attached hydrogens (tertiary/aromatic N) is 2. The number of halogens is 1. The van der Waals surface area contributed by atoms with Crippen LogP contribution >= 0.6 is 11.3 Å². The van der Waals surface area contributed by atoms with Crippen molar-refractivity contribution in [2.24, 2.45) is 0 Å². The minimum Gasteiger partial charge on any atom is -0.382 e. The lowest BCUT2D eigenvalue weighted by Crippen LogP contribution is -2.43. The number of nitrogens with one attached hydrogen (secondary N) is 2. The van der Waals surface area contributed by atoms with E-state index in [-0.39, 0.29) is 17.2 Å². The van der Waals surface area contributed by atoms with Gasteiger partial charge in [0.1, 0.15) is 16.5 Å². The highest BCUT2D eigenvalue weighted by Crippen LogP contribution is 2.30. The van der Waals surface area contributed by atoms with E-state index in [1.54, 1.807) is 6.07 Å². The molecule has 3 aromatic rings. The molecule has 0 aliphatic carbocycles. The molecule has 0 unspecified atom stereocenters. The van der Waals surface area contributed by atoms with Crippen molar-refractivity contribution in [3.63, 3.8) is 0 Å². The maximum absolute atomic E-state index is 13.4. The fourth-order valence-corrected chi connectivity index (χ4v) is 3.98. The maximum atomic E-state index is 13.4. The van der Waals surface area contributed by atoms with Crippen molar-refractivity contribution in [3.05, 3.63) is 64.8 Å². The summed E-state index contributed by atoms with van der Waals surface area (Å²) >= 11 is 1.16. The lowest BCUT2D eigenvalue weighted by molar-refractivity contribution is 0.104. The number of nitrogen functional groups attached to an aromatic ring is 1. The second-order valence-electron chi connectivity index (χ2n) is 6.48. The molecular formula is C20H20FN5OS. The Bertz CT molecular complexity index is 983. The molecule has 1 aliphatic heterocycles. The number of hydrogen-bond acceptors (Lipinski definition) is 7. The summed E-state index contributed by atoms with van der Waals surface area (Å²) in [5.41, 5.74) is 8.21. The second kappa shape index (κ2) is 7.95. The van der Waals surface area contributed by atoms with Crippen molar-refractivity contribution in [3.8, 4) is 0 Å². The Balaban J connectivity index is 1.48. The van der Waals surface area contributed by atoms with Crippen molar-refractivity contribution in [2.45, 2.75) is 0 Å². The van der Waals surface area contributed by atoms with Crippen molar-refractivity contribution < 1.29 is 9.18 Å². The van der Waals surface area contributed by atoms with Crippen LogP contribution in [0.5, 0.6) is 0 Å². The monoisotopic (exact) mass is 397 g/mol. The minimum atomic E-state index is -0.461. The SMILES string of the molecule is Nc1nc(Nc2ccc(N3CCNCC3)cc2)sc1C(=O)c1cccc(F)c1. The number of rotatable bonds is 5. The summed E-state index contributed by atoms with van der Waals surface area (Å²) < 4.78 is 13.4. The molecule has 6 nitrogen and oxygen atoms in total. The van der Waals surface area contributed by atoms with Crippen molar-refractivity contribution in [1.82, 2.24) is 10.3 Å². The lowest BCUT2D eigenvalue weighted by Gasteiger charge is -2.29. The van der Waals surface area contributed by atoms with Gasteiger partial charge in [-0.05, 0) is 36.4 Å². The Morgan fingerprint density at radius 1 is 1.18 bits per heavy atom. The molecule has 1 fully saturated rings. The number of carbonyl (C=O) groups excluding carboxylic acids is 1. The number of hydrogen-bond donors (Lipinski definition) is 3. The number of nitrogens with two attached hydrogens (primary N) is 1. The van der Waals surface area contributed by atoms with E-state index in [4.69, 9.17) is 5.73 Å². The van der Waals surface area contributed by atoms with Crippen molar-refractivity contribution in [1.29, 1.82) is 0 Å². The molecule has 0 bridgehead atoms. The number of thiazole rings is 1. The first-order valence-corrected chi connectivity index (χ1v) is 9.81. The summed E-state index contributed by atoms with van der Waals surface area (Å²) in [5, 5.41) is 7.04. The molecule has 0 saturated carbocycles. The molecule has 4 rings (SSSR count). The molecule has 2 heterocycles. The number of carbonyl (C=O) groups is 1. The number of aromatic nitrogens is 1. The summed E-state index contributed by atoms with van der Waals surface area (Å²) in [4.78, 5) is 19.5. The molecule has 0 atom stereocenters. The average molecular weight is 397 g/mol. The largest absolute Gasteiger partial charge is 0.382 e. The van der Waals surface area contributed by atoms with Gasteiger partial charge in [-0.2, -0.15) is 0 Å². The zero-order chi connectivity index (χ0) is 19.5. The van der Waals surface area contributed by atoms with E-state index in [9.17, 15) is 9.18 Å². The van der Waals surface area contributed by atoms with E-state index in [0.29, 0.717) is 10.0 Å². The van der Waals surface area contributed by atoms with E-state index >= 15 is 0 Å². The van der Waals surface area contributed by atoms with Crippen molar-refractivity contribution in [2.75, 3.05) is 42.1 Å². The highest BCUT2D eigenvalue weighted by molar-refractivity contribution is 7.18. The number of ketones is 1. The molecule has 8 heteroatoms. The Labute approximate surface area is 166 Å². The summed E-state index contributed by atoms with van der Waals surface area (Å²) in [6.45, 7) is 3.95. The van der Waals surface area contributed by atoms with E-state index in [1.165, 1.54) is 23.9 Å². The van der Waals surface area contributed by atoms with Crippen LogP contribution in [0.2, 0.25) is 0 Å². The fraction of sp³-hybridized carbons (Fsp3) is 0.200. The quantitative estimate of drug-likeness (QED) is 0.573. The summed E-state index contributed by atoms with van der Waals surface area (Å²) in [6.07, 6.45) is 0. The predicted octanol–water partition coefficient (Wildman–Crippen LogP) is 3.25. The molecular weight excluding hydrogens is 377 g/mol. The third-order valence-corrected chi connectivity index (χ3v) is 5.53. The molecule has 1 aliphatic rings. The molecule has 144 valence electrons. The van der Waals surface area contributed by atoms with E-state index < -0.39 is 5.82 Å². The molecule has 0 spiro atoms. The summed E-state index contributed by atoms with van der Waals surface area (Å²) in [5.74, 6) is -0.660. The first-order chi connectivity index (χ1) is 13.6. The number of anilines is 4. The number of piperazine rings is 1. The second-order valence-corrected chi connectivity index (χ2v) is 7.48. The Morgan fingerprint density at radius 3 is 2.64 bits per heavy atom. The van der Waals surface area contributed by atoms with Crippen LogP contribution in [-0.4, -0.2) is 36.9 Å². The molecule has 2 aromatic carbocycles. The predicted molar refractivity (Wildman–Crippen MR) is 111 cm³/mol. The van der Waals surface area contributed by atoms with Crippen LogP contribution in [0, 0.1) is 5.82 Å². The van der Waals surface area contributed by atoms with Gasteiger partial charge in [0.25, 0.3) is 0 Å². The maximum Gasteiger partial charge on any atom is 0.206 e. The topological polar surface area (TPSA) is 83.3 Å². The third-order valence-electron chi connectivity index (χ3n) is 4.55. The molecule has 1 aromatic heterocycles. The van der Waals surface area contributed by atoms with Gasteiger partial charge in [0, 0.05) is 43.1 Å². The van der Waals surface area contributed by atoms with Crippen LogP contribution in [0.4, 0.5) is 26.7 Å². The van der Waals surface area contributed by atoms with Crippen LogP contribution in [0.15, 0.2) is 48.5 Å². The zero-order valence-corrected chi connectivity index (χ0v) is 15.9. The van der Waals surface area contributed by atoms with Gasteiger partial charge in [0.15, 0.2) is 5.13 Å². The first kappa shape index (κ1) is 18.4. The Kier molecular flexibility index (Phi) is 5.23. The third kappa shape index (κ3) is 3.97. The lowest BCUT2D eigenvalue weighted by atomic mass is 10.1. The summed E-state index contributed by atoms with van der Waals surface area (Å²) in [7, 11) is 0. The van der Waals surface area contributed by atoms with E-state index in [2.05, 4.69) is 32.7 Å². The smallest absolute Gasteiger partial charge is 0.206 e. The van der Waals surface area contributed by atoms with Crippen LogP contribution < -0.4 is 21.3 Å². The van der Waals surface area contributed by atoms with Gasteiger partial charge in [0.05, 0.1) is 0 Å². The fourth-order valence-electron chi connectivity index (χ4n) is 3.11. The average Bonchev–Trinajstić information content (AvgIpc) is 3.08. The minimum absolute atomic E-state index is 0.138.